The predicted octanol–water partition coefficient (Wildman–Crippen LogP) is 21.4. The standard InChI is InChI=1S/C69H116O6/c1-4-7-10-13-16-19-22-25-27-29-30-31-32-33-34-35-36-37-38-40-41-44-47-50-53-56-59-62-68(71)74-65-66(64-73-67(70)61-58-55-52-49-46-43-24-21-18-15-12-9-6-3)75-69(72)63-60-57-54-51-48-45-42-39-28-26-23-20-17-14-11-8-5-2/h8-9,11-12,17-18,20-21,26,28,42-43,45-46,51-52,54-55,66H,4-7,10,13-16,19,22-25,27,29-41,44,47-50,53,56-65H2,1-3H3/b11-8-,12-9-,20-17-,21-18-,28-26-,45-42-,46-43-,54-51-,55-52-. The molecule has 0 fully saturated rings. The van der Waals surface area contributed by atoms with E-state index in [-0.39, 0.29) is 44.0 Å². The molecule has 75 heavy (non-hydrogen) atoms. The number of carbonyl (C=O) groups is 3. The molecule has 0 aliphatic carbocycles. The van der Waals surface area contributed by atoms with Crippen molar-refractivity contribution in [1.29, 1.82) is 0 Å². The van der Waals surface area contributed by atoms with Crippen LogP contribution in [0.4, 0.5) is 0 Å². The highest BCUT2D eigenvalue weighted by molar-refractivity contribution is 5.71. The molecule has 0 saturated heterocycles. The molecule has 6 nitrogen and oxygen atoms in total. The van der Waals surface area contributed by atoms with Crippen LogP contribution in [0.2, 0.25) is 0 Å². The maximum atomic E-state index is 12.8. The molecule has 0 saturated carbocycles. The molecule has 0 radical (unpaired) electrons. The number of hydrogen-bond donors (Lipinski definition) is 0. The second-order valence-electron chi connectivity index (χ2n) is 20.6. The van der Waals surface area contributed by atoms with Gasteiger partial charge in [0, 0.05) is 19.3 Å². The topological polar surface area (TPSA) is 78.9 Å². The molecule has 0 aromatic carbocycles. The zero-order valence-corrected chi connectivity index (χ0v) is 49.0. The summed E-state index contributed by atoms with van der Waals surface area (Å²) in [6.07, 6.45) is 85.7. The minimum atomic E-state index is -0.838. The lowest BCUT2D eigenvalue weighted by Gasteiger charge is -2.18. The number of allylic oxidation sites excluding steroid dienone is 18. The molecule has 0 aromatic heterocycles. The minimum Gasteiger partial charge on any atom is -0.462 e. The fraction of sp³-hybridized carbons (Fsp3) is 0.696. The van der Waals surface area contributed by atoms with E-state index in [1.807, 2.05) is 12.2 Å². The molecule has 0 spiro atoms. The third-order valence-corrected chi connectivity index (χ3v) is 13.3. The molecule has 0 amide bonds. The van der Waals surface area contributed by atoms with E-state index >= 15 is 0 Å². The Labute approximate surface area is 463 Å². The summed E-state index contributed by atoms with van der Waals surface area (Å²) in [6, 6.07) is 0. The van der Waals surface area contributed by atoms with Gasteiger partial charge in [-0.15, -0.1) is 0 Å². The number of carbonyl (C=O) groups excluding carboxylic acids is 3. The Hall–Kier alpha value is -3.93. The van der Waals surface area contributed by atoms with Crippen LogP contribution in [-0.2, 0) is 28.6 Å². The maximum Gasteiger partial charge on any atom is 0.306 e. The summed E-state index contributed by atoms with van der Waals surface area (Å²) < 4.78 is 16.8. The molecule has 6 heteroatoms. The van der Waals surface area contributed by atoms with E-state index in [2.05, 4.69) is 118 Å². The molecule has 1 atom stereocenters. The van der Waals surface area contributed by atoms with Crippen molar-refractivity contribution >= 4 is 17.9 Å². The van der Waals surface area contributed by atoms with Gasteiger partial charge < -0.3 is 14.2 Å². The molecule has 0 N–H and O–H groups in total. The third kappa shape index (κ3) is 60.8. The molecule has 1 unspecified atom stereocenters. The van der Waals surface area contributed by atoms with E-state index in [1.165, 1.54) is 154 Å². The smallest absolute Gasteiger partial charge is 0.306 e. The Morgan fingerprint density at radius 3 is 0.880 bits per heavy atom. The molecule has 0 heterocycles. The van der Waals surface area contributed by atoms with E-state index in [0.29, 0.717) is 19.3 Å². The van der Waals surface area contributed by atoms with E-state index in [1.54, 1.807) is 0 Å². The number of ether oxygens (including phenoxy) is 3. The first-order valence-corrected chi connectivity index (χ1v) is 31.4. The lowest BCUT2D eigenvalue weighted by atomic mass is 10.0. The van der Waals surface area contributed by atoms with Gasteiger partial charge >= 0.3 is 17.9 Å². The molecule has 0 bridgehead atoms. The zero-order valence-electron chi connectivity index (χ0n) is 49.0. The predicted molar refractivity (Wildman–Crippen MR) is 325 cm³/mol. The van der Waals surface area contributed by atoms with Crippen molar-refractivity contribution in [2.45, 2.75) is 297 Å². The molecular weight excluding hydrogens is 925 g/mol. The molecule has 0 aromatic rings. The van der Waals surface area contributed by atoms with Crippen molar-refractivity contribution in [3.8, 4) is 0 Å². The molecule has 0 rings (SSSR count). The second kappa shape index (κ2) is 62.6. The van der Waals surface area contributed by atoms with Gasteiger partial charge in [-0.2, -0.15) is 0 Å². The van der Waals surface area contributed by atoms with Crippen LogP contribution in [0.25, 0.3) is 0 Å². The summed E-state index contributed by atoms with van der Waals surface area (Å²) >= 11 is 0. The Morgan fingerprint density at radius 2 is 0.547 bits per heavy atom. The lowest BCUT2D eigenvalue weighted by molar-refractivity contribution is -0.166. The summed E-state index contributed by atoms with van der Waals surface area (Å²) in [4.78, 5) is 38.1. The Morgan fingerprint density at radius 1 is 0.280 bits per heavy atom. The summed E-state index contributed by atoms with van der Waals surface area (Å²) in [5.74, 6) is -1.06. The zero-order chi connectivity index (χ0) is 54.3. The summed E-state index contributed by atoms with van der Waals surface area (Å²) in [7, 11) is 0. The first kappa shape index (κ1) is 71.1. The van der Waals surface area contributed by atoms with Crippen LogP contribution in [-0.4, -0.2) is 37.2 Å². The Bertz CT molecular complexity index is 1520. The average molecular weight is 1040 g/mol. The third-order valence-electron chi connectivity index (χ3n) is 13.3. The van der Waals surface area contributed by atoms with Gasteiger partial charge in [-0.25, -0.2) is 0 Å². The fourth-order valence-electron chi connectivity index (χ4n) is 8.67. The van der Waals surface area contributed by atoms with Gasteiger partial charge in [-0.1, -0.05) is 297 Å². The van der Waals surface area contributed by atoms with Gasteiger partial charge in [0.15, 0.2) is 6.10 Å². The van der Waals surface area contributed by atoms with Crippen molar-refractivity contribution in [2.24, 2.45) is 0 Å². The van der Waals surface area contributed by atoms with Crippen molar-refractivity contribution in [3.05, 3.63) is 109 Å². The number of unbranched alkanes of at least 4 members (excludes halogenated alkanes) is 27. The van der Waals surface area contributed by atoms with Crippen molar-refractivity contribution in [2.75, 3.05) is 13.2 Å². The van der Waals surface area contributed by atoms with Crippen LogP contribution in [0, 0.1) is 0 Å². The van der Waals surface area contributed by atoms with Gasteiger partial charge in [0.1, 0.15) is 13.2 Å². The summed E-state index contributed by atoms with van der Waals surface area (Å²) in [6.45, 7) is 6.32. The molecule has 0 aliphatic rings. The number of rotatable bonds is 56. The fourth-order valence-corrected chi connectivity index (χ4v) is 8.67. The monoisotopic (exact) mass is 1040 g/mol. The lowest BCUT2D eigenvalue weighted by Crippen LogP contribution is -2.30. The number of esters is 3. The highest BCUT2D eigenvalue weighted by Crippen LogP contribution is 2.17. The highest BCUT2D eigenvalue weighted by atomic mass is 16.6. The summed E-state index contributed by atoms with van der Waals surface area (Å²) in [5, 5.41) is 0. The van der Waals surface area contributed by atoms with Gasteiger partial charge in [0.05, 0.1) is 0 Å². The quantitative estimate of drug-likeness (QED) is 0.0261. The van der Waals surface area contributed by atoms with Gasteiger partial charge in [0.25, 0.3) is 0 Å². The Balaban J connectivity index is 4.34. The molecular formula is C69H116O6. The van der Waals surface area contributed by atoms with E-state index in [0.717, 1.165) is 83.5 Å². The van der Waals surface area contributed by atoms with Crippen LogP contribution in [0.5, 0.6) is 0 Å². The van der Waals surface area contributed by atoms with Gasteiger partial charge in [-0.3, -0.25) is 14.4 Å². The Kier molecular flexibility index (Phi) is 59.3. The van der Waals surface area contributed by atoms with Crippen LogP contribution in [0.3, 0.4) is 0 Å². The van der Waals surface area contributed by atoms with Crippen LogP contribution < -0.4 is 0 Å². The highest BCUT2D eigenvalue weighted by Gasteiger charge is 2.19. The van der Waals surface area contributed by atoms with Crippen LogP contribution in [0.1, 0.15) is 290 Å². The summed E-state index contributed by atoms with van der Waals surface area (Å²) in [5.41, 5.74) is 0. The van der Waals surface area contributed by atoms with Gasteiger partial charge in [-0.05, 0) is 83.5 Å². The largest absolute Gasteiger partial charge is 0.462 e. The van der Waals surface area contributed by atoms with E-state index in [9.17, 15) is 14.4 Å². The minimum absolute atomic E-state index is 0.122. The average Bonchev–Trinajstić information content (AvgIpc) is 3.41. The van der Waals surface area contributed by atoms with Crippen molar-refractivity contribution in [1.82, 2.24) is 0 Å². The van der Waals surface area contributed by atoms with Crippen LogP contribution in [0.15, 0.2) is 109 Å². The number of hydrogen-bond acceptors (Lipinski definition) is 6. The van der Waals surface area contributed by atoms with E-state index in [4.69, 9.17) is 14.2 Å². The van der Waals surface area contributed by atoms with Crippen molar-refractivity contribution < 1.29 is 28.6 Å². The first-order valence-electron chi connectivity index (χ1n) is 31.4. The molecule has 428 valence electrons. The molecule has 0 aliphatic heterocycles. The first-order chi connectivity index (χ1) is 37.0. The second-order valence-corrected chi connectivity index (χ2v) is 20.6. The van der Waals surface area contributed by atoms with Crippen molar-refractivity contribution in [3.63, 3.8) is 0 Å². The maximum absolute atomic E-state index is 12.8. The van der Waals surface area contributed by atoms with Gasteiger partial charge in [0.2, 0.25) is 0 Å². The van der Waals surface area contributed by atoms with Crippen LogP contribution >= 0.6 is 0 Å². The SMILES string of the molecule is CC/C=C\C/C=C\C/C=C\C/C=C\C/C=C\CCCC(=O)OC(COC(=O)CC/C=C\C/C=C\C/C=C\C/C=C\CC)COC(=O)CCCCCCCCCCCCCCCCCCCCCCCCCCCCC. The van der Waals surface area contributed by atoms with E-state index < -0.39 is 6.10 Å². The normalized spacial score (nSPS) is 12.8.